The molecule has 8 aromatic rings. The number of hydrogen-bond acceptors (Lipinski definition) is 9. The number of ether oxygens (including phenoxy) is 4. The molecule has 0 radical (unpaired) electrons. The van der Waals surface area contributed by atoms with Gasteiger partial charge in [0.05, 0.1) is 18.2 Å². The van der Waals surface area contributed by atoms with Crippen molar-refractivity contribution < 1.29 is 32.5 Å². The smallest absolute Gasteiger partial charge is 0.335 e. The van der Waals surface area contributed by atoms with Crippen LogP contribution in [0.5, 0.6) is 0 Å². The van der Waals surface area contributed by atoms with Crippen LogP contribution in [0, 0.1) is 0 Å². The van der Waals surface area contributed by atoms with Crippen LogP contribution < -0.4 is 5.32 Å². The van der Waals surface area contributed by atoms with Crippen molar-refractivity contribution in [2.24, 2.45) is 4.99 Å². The molecule has 4 heterocycles. The topological polar surface area (TPSA) is 89.0 Å². The molecule has 1 N–H and O–H groups in total. The predicted octanol–water partition coefficient (Wildman–Crippen LogP) is 13.8. The van der Waals surface area contributed by atoms with Gasteiger partial charge in [0.2, 0.25) is 5.90 Å². The lowest BCUT2D eigenvalue weighted by Crippen LogP contribution is -2.53. The molecule has 74 heavy (non-hydrogen) atoms. The molecule has 3 saturated heterocycles. The van der Waals surface area contributed by atoms with Crippen molar-refractivity contribution in [3.63, 3.8) is 0 Å². The molecular weight excluding hydrogens is 940 g/mol. The van der Waals surface area contributed by atoms with Crippen LogP contribution in [0.25, 0.3) is 11.1 Å². The van der Waals surface area contributed by atoms with E-state index >= 15 is 0 Å². The molecule has 0 bridgehead atoms. The van der Waals surface area contributed by atoms with Crippen LogP contribution in [-0.2, 0) is 56.7 Å². The quantitative estimate of drug-likeness (QED) is 0.114. The van der Waals surface area contributed by atoms with E-state index < -0.39 is 37.8 Å². The van der Waals surface area contributed by atoms with Gasteiger partial charge >= 0.3 is 8.60 Å². The third-order valence-electron chi connectivity index (χ3n) is 14.4. The van der Waals surface area contributed by atoms with Crippen LogP contribution in [0.1, 0.15) is 70.4 Å². The Morgan fingerprint density at radius 2 is 1.01 bits per heavy atom. The Morgan fingerprint density at radius 3 is 1.54 bits per heavy atom. The van der Waals surface area contributed by atoms with Crippen LogP contribution in [0.4, 0.5) is 0 Å². The molecule has 0 spiro atoms. The van der Waals surface area contributed by atoms with Crippen LogP contribution in [0.2, 0.25) is 0 Å². The highest BCUT2D eigenvalue weighted by molar-refractivity contribution is 7.41. The zero-order valence-corrected chi connectivity index (χ0v) is 42.2. The van der Waals surface area contributed by atoms with Crippen LogP contribution in [0.15, 0.2) is 247 Å². The highest BCUT2D eigenvalue weighted by Gasteiger charge is 2.67. The fraction of sp³-hybridized carbons (Fsp3) is 0.203. The third-order valence-corrected chi connectivity index (χ3v) is 15.6. The summed E-state index contributed by atoms with van der Waals surface area (Å²) in [6, 6.07) is 78.8. The highest BCUT2D eigenvalue weighted by Crippen LogP contribution is 2.65. The number of benzene rings is 8. The second kappa shape index (κ2) is 20.6. The number of aliphatic imine (C=N–C) groups is 1. The molecule has 3 fully saturated rings. The zero-order valence-electron chi connectivity index (χ0n) is 41.3. The molecule has 0 aromatic heterocycles. The number of fused-ring (bicyclic) bond motifs is 1. The normalized spacial score (nSPS) is 22.3. The minimum Gasteiger partial charge on any atom is -0.476 e. The molecule has 12 rings (SSSR count). The lowest BCUT2D eigenvalue weighted by atomic mass is 9.72. The summed E-state index contributed by atoms with van der Waals surface area (Å²) in [7, 11) is -2.20. The standard InChI is InChI=1S/C64H57N2O7P/c1-62(2)70-58-59(71-62)64(52-32-17-7-18-33-52,53-34-19-8-20-35-53)73-74(72-63(58,50-28-13-5-14-29-50)51-30-15-6-16-31-51)69-42-49-27-21-22-36-54(49)46-39-37-45(38-40-46)41-55(60-65-56(43-67-60)47-23-9-3-10-24-47)61-66-57(44-68-61)48-25-11-4-12-26-48/h3-40,56-59,65H,41-44H2,1-2H3/b60-55+/t56-,57-,58-,59-/m1/s1. The van der Waals surface area contributed by atoms with Crippen molar-refractivity contribution in [3.8, 4) is 11.1 Å². The van der Waals surface area contributed by atoms with Gasteiger partial charge in [0.25, 0.3) is 0 Å². The van der Waals surface area contributed by atoms with E-state index in [0.29, 0.717) is 31.4 Å². The molecular formula is C64H57N2O7P. The van der Waals surface area contributed by atoms with Crippen LogP contribution in [-0.4, -0.2) is 37.1 Å². The molecule has 0 saturated carbocycles. The van der Waals surface area contributed by atoms with Gasteiger partial charge in [0.15, 0.2) is 22.9 Å². The third kappa shape index (κ3) is 9.26. The molecule has 0 unspecified atom stereocenters. The van der Waals surface area contributed by atoms with Crippen molar-refractivity contribution in [2.75, 3.05) is 13.2 Å². The van der Waals surface area contributed by atoms with E-state index in [9.17, 15) is 0 Å². The first-order valence-electron chi connectivity index (χ1n) is 25.4. The van der Waals surface area contributed by atoms with Gasteiger partial charge in [-0.05, 0) is 69.5 Å². The maximum atomic E-state index is 7.62. The molecule has 8 aromatic carbocycles. The maximum absolute atomic E-state index is 7.62. The van der Waals surface area contributed by atoms with Gasteiger partial charge in [-0.3, -0.25) is 9.05 Å². The molecule has 4 atom stereocenters. The second-order valence-corrected chi connectivity index (χ2v) is 20.6. The first-order chi connectivity index (χ1) is 36.4. The Balaban J connectivity index is 0.890. The fourth-order valence-corrected chi connectivity index (χ4v) is 12.3. The average molecular weight is 997 g/mol. The van der Waals surface area contributed by atoms with E-state index in [0.717, 1.165) is 61.2 Å². The predicted molar refractivity (Wildman–Crippen MR) is 288 cm³/mol. The van der Waals surface area contributed by atoms with Crippen molar-refractivity contribution in [3.05, 3.63) is 286 Å². The Labute approximate surface area is 434 Å². The Bertz CT molecular complexity index is 3050. The number of nitrogens with zero attached hydrogens (tertiary/aromatic N) is 1. The van der Waals surface area contributed by atoms with Crippen LogP contribution >= 0.6 is 8.60 Å². The van der Waals surface area contributed by atoms with Gasteiger partial charge in [-0.2, -0.15) is 0 Å². The van der Waals surface area contributed by atoms with Crippen molar-refractivity contribution in [1.29, 1.82) is 0 Å². The van der Waals surface area contributed by atoms with Gasteiger partial charge in [-0.1, -0.05) is 231 Å². The monoisotopic (exact) mass is 996 g/mol. The molecule has 4 aliphatic heterocycles. The van der Waals surface area contributed by atoms with Gasteiger partial charge in [-0.15, -0.1) is 0 Å². The number of hydrogen-bond donors (Lipinski definition) is 1. The number of nitrogens with one attached hydrogen (secondary N) is 1. The van der Waals surface area contributed by atoms with Crippen molar-refractivity contribution >= 4 is 14.5 Å². The van der Waals surface area contributed by atoms with E-state index in [1.54, 1.807) is 0 Å². The first-order valence-corrected chi connectivity index (χ1v) is 26.5. The van der Waals surface area contributed by atoms with E-state index in [4.69, 9.17) is 37.5 Å². The summed E-state index contributed by atoms with van der Waals surface area (Å²) in [5, 5.41) is 3.66. The lowest BCUT2D eigenvalue weighted by Gasteiger charge is -2.41. The molecule has 4 aliphatic rings. The highest BCUT2D eigenvalue weighted by atomic mass is 31.2. The molecule has 9 nitrogen and oxygen atoms in total. The summed E-state index contributed by atoms with van der Waals surface area (Å²) in [4.78, 5) is 5.12. The van der Waals surface area contributed by atoms with Crippen molar-refractivity contribution in [1.82, 2.24) is 5.32 Å². The zero-order chi connectivity index (χ0) is 50.0. The van der Waals surface area contributed by atoms with E-state index in [-0.39, 0.29) is 18.7 Å². The van der Waals surface area contributed by atoms with Gasteiger partial charge in [0.1, 0.15) is 31.5 Å². The summed E-state index contributed by atoms with van der Waals surface area (Å²) in [5.74, 6) is 0.292. The molecule has 0 aliphatic carbocycles. The first kappa shape index (κ1) is 47.8. The van der Waals surface area contributed by atoms with Crippen molar-refractivity contribution in [2.45, 2.75) is 68.2 Å². The Morgan fingerprint density at radius 1 is 0.541 bits per heavy atom. The van der Waals surface area contributed by atoms with Gasteiger partial charge < -0.3 is 28.8 Å². The minimum absolute atomic E-state index is 0.0130. The Kier molecular flexibility index (Phi) is 13.3. The molecule has 0 amide bonds. The van der Waals surface area contributed by atoms with Gasteiger partial charge in [0, 0.05) is 6.42 Å². The summed E-state index contributed by atoms with van der Waals surface area (Å²) >= 11 is 0. The maximum Gasteiger partial charge on any atom is 0.335 e. The second-order valence-electron chi connectivity index (χ2n) is 19.5. The van der Waals surface area contributed by atoms with E-state index in [1.807, 2.05) is 117 Å². The van der Waals surface area contributed by atoms with E-state index in [2.05, 4.69) is 133 Å². The summed E-state index contributed by atoms with van der Waals surface area (Å²) in [6.45, 7) is 5.09. The van der Waals surface area contributed by atoms with Crippen LogP contribution in [0.3, 0.4) is 0 Å². The Hall–Kier alpha value is -7.20. The fourth-order valence-electron chi connectivity index (χ4n) is 10.9. The molecule has 10 heteroatoms. The number of rotatable bonds is 13. The van der Waals surface area contributed by atoms with Gasteiger partial charge in [-0.25, -0.2) is 4.99 Å². The minimum atomic E-state index is -2.20. The molecule has 370 valence electrons. The lowest BCUT2D eigenvalue weighted by molar-refractivity contribution is -0.176. The van der Waals surface area contributed by atoms with E-state index in [1.165, 1.54) is 0 Å². The SMILES string of the molecule is CC1(C)O[C@@H]2[C@@H](O1)C(c1ccccc1)(c1ccccc1)OP(OCc1ccccc1-c1ccc(C/C(C3=N[C@@H](c4ccccc4)CO3)=C3/N[C@@H](c4ccccc4)CO3)cc1)OC2(c1ccccc1)c1ccccc1. The summed E-state index contributed by atoms with van der Waals surface area (Å²) in [6.07, 6.45) is -0.866. The largest absolute Gasteiger partial charge is 0.476 e. The average Bonchev–Trinajstić information content (AvgIpc) is 4.24. The summed E-state index contributed by atoms with van der Waals surface area (Å²) < 4.78 is 49.6. The summed E-state index contributed by atoms with van der Waals surface area (Å²) in [5.41, 5.74) is 8.42.